The molecule has 7 nitrogen and oxygen atoms in total. The van der Waals surface area contributed by atoms with Crippen molar-refractivity contribution in [3.8, 4) is 5.75 Å². The lowest BCUT2D eigenvalue weighted by Gasteiger charge is -2.07. The number of rotatable bonds is 6. The van der Waals surface area contributed by atoms with Crippen molar-refractivity contribution in [3.63, 3.8) is 0 Å². The van der Waals surface area contributed by atoms with Crippen molar-refractivity contribution in [2.45, 2.75) is 11.3 Å². The predicted molar refractivity (Wildman–Crippen MR) is 66.2 cm³/mol. The zero-order chi connectivity index (χ0) is 13.6. The summed E-state index contributed by atoms with van der Waals surface area (Å²) in [5, 5.41) is 11.1. The van der Waals surface area contributed by atoms with E-state index >= 15 is 0 Å². The monoisotopic (exact) mass is 273 g/mol. The Bertz CT molecular complexity index is 510. The second-order valence-electron chi connectivity index (χ2n) is 3.41. The molecule has 0 radical (unpaired) electrons. The average Bonchev–Trinajstić information content (AvgIpc) is 2.38. The van der Waals surface area contributed by atoms with Crippen LogP contribution in [-0.2, 0) is 10.0 Å². The van der Waals surface area contributed by atoms with E-state index in [2.05, 4.69) is 9.88 Å². The molecule has 0 spiro atoms. The molecular formula is C10H15N3O4S. The number of methoxy groups -OCH3 is 1. The van der Waals surface area contributed by atoms with Crippen LogP contribution in [0.1, 0.15) is 6.42 Å². The maximum atomic E-state index is 11.8. The first kappa shape index (κ1) is 14.3. The van der Waals surface area contributed by atoms with Crippen LogP contribution < -0.4 is 15.2 Å². The molecule has 0 fully saturated rings. The second kappa shape index (κ2) is 6.22. The van der Waals surface area contributed by atoms with Crippen molar-refractivity contribution in [2.75, 3.05) is 13.7 Å². The number of nitrogens with two attached hydrogens (primary N) is 1. The second-order valence-corrected chi connectivity index (χ2v) is 5.18. The van der Waals surface area contributed by atoms with Crippen LogP contribution >= 0.6 is 0 Å². The summed E-state index contributed by atoms with van der Waals surface area (Å²) in [5.74, 6) is 0.540. The first-order valence-electron chi connectivity index (χ1n) is 5.09. The number of benzene rings is 1. The van der Waals surface area contributed by atoms with Crippen molar-refractivity contribution in [3.05, 3.63) is 24.3 Å². The summed E-state index contributed by atoms with van der Waals surface area (Å²) >= 11 is 0. The topological polar surface area (TPSA) is 114 Å². The summed E-state index contributed by atoms with van der Waals surface area (Å²) < 4.78 is 30.9. The SMILES string of the molecule is COc1ccc(S(=O)(=O)NCCC(N)=NO)cc1. The van der Waals surface area contributed by atoms with Gasteiger partial charge in [-0.3, -0.25) is 0 Å². The van der Waals surface area contributed by atoms with Gasteiger partial charge in [0.1, 0.15) is 11.6 Å². The molecule has 0 amide bonds. The van der Waals surface area contributed by atoms with Crippen LogP contribution in [0.15, 0.2) is 34.3 Å². The molecule has 0 saturated carbocycles. The number of oxime groups is 1. The summed E-state index contributed by atoms with van der Waals surface area (Å²) in [6, 6.07) is 5.98. The third kappa shape index (κ3) is 3.90. The minimum absolute atomic E-state index is 0.0348. The molecule has 4 N–H and O–H groups in total. The number of hydrogen-bond acceptors (Lipinski definition) is 5. The fourth-order valence-electron chi connectivity index (χ4n) is 1.20. The van der Waals surface area contributed by atoms with E-state index in [4.69, 9.17) is 15.7 Å². The Balaban J connectivity index is 2.68. The van der Waals surface area contributed by atoms with Gasteiger partial charge in [-0.25, -0.2) is 13.1 Å². The third-order valence-electron chi connectivity index (χ3n) is 2.17. The molecule has 1 rings (SSSR count). The van der Waals surface area contributed by atoms with Crippen molar-refractivity contribution in [1.29, 1.82) is 0 Å². The van der Waals surface area contributed by atoms with Crippen molar-refractivity contribution in [1.82, 2.24) is 4.72 Å². The Morgan fingerprint density at radius 2 is 2.06 bits per heavy atom. The van der Waals surface area contributed by atoms with Crippen LogP contribution in [0.3, 0.4) is 0 Å². The van der Waals surface area contributed by atoms with Crippen LogP contribution in [0.2, 0.25) is 0 Å². The maximum Gasteiger partial charge on any atom is 0.240 e. The van der Waals surface area contributed by atoms with Crippen LogP contribution in [0.4, 0.5) is 0 Å². The molecule has 0 aliphatic heterocycles. The lowest BCUT2D eigenvalue weighted by Crippen LogP contribution is -2.28. The fraction of sp³-hybridized carbons (Fsp3) is 0.300. The van der Waals surface area contributed by atoms with Gasteiger partial charge in [-0.15, -0.1) is 0 Å². The predicted octanol–water partition coefficient (Wildman–Crippen LogP) is 0.110. The number of nitrogens with one attached hydrogen (secondary N) is 1. The van der Waals surface area contributed by atoms with Crippen molar-refractivity contribution >= 4 is 15.9 Å². The van der Waals surface area contributed by atoms with E-state index in [9.17, 15) is 8.42 Å². The summed E-state index contributed by atoms with van der Waals surface area (Å²) in [6.07, 6.45) is 0.131. The highest BCUT2D eigenvalue weighted by Gasteiger charge is 2.13. The Kier molecular flexibility index (Phi) is 4.93. The van der Waals surface area contributed by atoms with Crippen LogP contribution in [0, 0.1) is 0 Å². The van der Waals surface area contributed by atoms with Gasteiger partial charge in [0.2, 0.25) is 10.0 Å². The Hall–Kier alpha value is -1.80. The lowest BCUT2D eigenvalue weighted by atomic mass is 10.3. The van der Waals surface area contributed by atoms with E-state index in [1.165, 1.54) is 19.2 Å². The quantitative estimate of drug-likeness (QED) is 0.294. The van der Waals surface area contributed by atoms with Crippen molar-refractivity contribution in [2.24, 2.45) is 10.9 Å². The smallest absolute Gasteiger partial charge is 0.240 e. The van der Waals surface area contributed by atoms with E-state index in [-0.39, 0.29) is 23.7 Å². The Morgan fingerprint density at radius 3 is 2.56 bits per heavy atom. The number of amidine groups is 1. The maximum absolute atomic E-state index is 11.8. The van der Waals surface area contributed by atoms with Gasteiger partial charge in [-0.05, 0) is 24.3 Å². The number of sulfonamides is 1. The van der Waals surface area contributed by atoms with Crippen LogP contribution in [0.5, 0.6) is 5.75 Å². The normalized spacial score (nSPS) is 12.4. The van der Waals surface area contributed by atoms with Gasteiger partial charge >= 0.3 is 0 Å². The van der Waals surface area contributed by atoms with Gasteiger partial charge in [-0.2, -0.15) is 0 Å². The van der Waals surface area contributed by atoms with Gasteiger partial charge in [0.05, 0.1) is 12.0 Å². The molecule has 8 heteroatoms. The highest BCUT2D eigenvalue weighted by atomic mass is 32.2. The number of hydrogen-bond donors (Lipinski definition) is 3. The molecule has 0 aliphatic carbocycles. The average molecular weight is 273 g/mol. The molecule has 0 aromatic heterocycles. The minimum atomic E-state index is -3.59. The largest absolute Gasteiger partial charge is 0.497 e. The van der Waals surface area contributed by atoms with E-state index in [1.807, 2.05) is 0 Å². The van der Waals surface area contributed by atoms with E-state index in [0.717, 1.165) is 0 Å². The molecule has 1 aromatic rings. The molecule has 100 valence electrons. The van der Waals surface area contributed by atoms with Gasteiger partial charge in [0, 0.05) is 13.0 Å². The summed E-state index contributed by atoms with van der Waals surface area (Å²) in [5.41, 5.74) is 5.23. The number of nitrogens with zero attached hydrogens (tertiary/aromatic N) is 1. The molecule has 18 heavy (non-hydrogen) atoms. The minimum Gasteiger partial charge on any atom is -0.497 e. The molecule has 1 aromatic carbocycles. The summed E-state index contributed by atoms with van der Waals surface area (Å²) in [6.45, 7) is 0.0598. The molecule has 0 atom stereocenters. The van der Waals surface area contributed by atoms with E-state index in [1.54, 1.807) is 12.1 Å². The standard InChI is InChI=1S/C10H15N3O4S/c1-17-8-2-4-9(5-3-8)18(15,16)12-7-6-10(11)13-14/h2-5,12,14H,6-7H2,1H3,(H2,11,13). The zero-order valence-corrected chi connectivity index (χ0v) is 10.6. The van der Waals surface area contributed by atoms with Gasteiger partial charge in [-0.1, -0.05) is 5.16 Å². The molecule has 0 bridgehead atoms. The third-order valence-corrected chi connectivity index (χ3v) is 3.65. The molecular weight excluding hydrogens is 258 g/mol. The first-order valence-corrected chi connectivity index (χ1v) is 6.58. The highest BCUT2D eigenvalue weighted by Crippen LogP contribution is 2.15. The molecule has 0 saturated heterocycles. The molecule has 0 heterocycles. The first-order chi connectivity index (χ1) is 8.49. The Labute approximate surface area is 105 Å². The lowest BCUT2D eigenvalue weighted by molar-refractivity contribution is 0.317. The fourth-order valence-corrected chi connectivity index (χ4v) is 2.23. The summed E-state index contributed by atoms with van der Waals surface area (Å²) in [7, 11) is -2.09. The van der Waals surface area contributed by atoms with Gasteiger partial charge in [0.25, 0.3) is 0 Å². The molecule has 0 aliphatic rings. The van der Waals surface area contributed by atoms with Gasteiger partial charge < -0.3 is 15.7 Å². The zero-order valence-electron chi connectivity index (χ0n) is 9.83. The Morgan fingerprint density at radius 1 is 1.44 bits per heavy atom. The van der Waals surface area contributed by atoms with E-state index in [0.29, 0.717) is 5.75 Å². The van der Waals surface area contributed by atoms with Crippen molar-refractivity contribution < 1.29 is 18.4 Å². The van der Waals surface area contributed by atoms with Gasteiger partial charge in [0.15, 0.2) is 0 Å². The summed E-state index contributed by atoms with van der Waals surface area (Å²) in [4.78, 5) is 0.128. The highest BCUT2D eigenvalue weighted by molar-refractivity contribution is 7.89. The number of ether oxygens (including phenoxy) is 1. The van der Waals surface area contributed by atoms with Crippen LogP contribution in [0.25, 0.3) is 0 Å². The van der Waals surface area contributed by atoms with E-state index < -0.39 is 10.0 Å². The van der Waals surface area contributed by atoms with Crippen LogP contribution in [-0.4, -0.2) is 33.1 Å². The molecule has 0 unspecified atom stereocenters.